The summed E-state index contributed by atoms with van der Waals surface area (Å²) in [7, 11) is 0. The second-order valence-corrected chi connectivity index (χ2v) is 6.06. The van der Waals surface area contributed by atoms with Crippen molar-refractivity contribution in [2.24, 2.45) is 0 Å². The summed E-state index contributed by atoms with van der Waals surface area (Å²) < 4.78 is 11.1. The fraction of sp³-hybridized carbons (Fsp3) is 0.143. The molecule has 136 valence electrons. The third kappa shape index (κ3) is 4.00. The molecule has 0 aliphatic carbocycles. The number of ether oxygens (including phenoxy) is 2. The van der Waals surface area contributed by atoms with E-state index >= 15 is 0 Å². The molecule has 0 spiro atoms. The number of fused-ring (bicyclic) bond motifs is 1. The summed E-state index contributed by atoms with van der Waals surface area (Å²) in [6, 6.07) is 20.0. The number of pyridine rings is 1. The molecule has 0 fully saturated rings. The normalized spacial score (nSPS) is 13.5. The highest BCUT2D eigenvalue weighted by atomic mass is 16.6. The van der Waals surface area contributed by atoms with Gasteiger partial charge in [-0.25, -0.2) is 4.79 Å². The maximum Gasteiger partial charge on any atom is 0.320 e. The number of aromatic nitrogens is 1. The van der Waals surface area contributed by atoms with Gasteiger partial charge >= 0.3 is 6.03 Å². The van der Waals surface area contributed by atoms with Crippen molar-refractivity contribution in [3.8, 4) is 11.5 Å². The van der Waals surface area contributed by atoms with E-state index in [1.165, 1.54) is 0 Å². The summed E-state index contributed by atoms with van der Waals surface area (Å²) in [4.78, 5) is 17.0. The van der Waals surface area contributed by atoms with E-state index in [-0.39, 0.29) is 12.1 Å². The Bertz CT molecular complexity index is 877. The van der Waals surface area contributed by atoms with Crippen LogP contribution in [0.3, 0.4) is 0 Å². The standard InChI is InChI=1S/C21H19N3O3/c25-21(23-16-9-10-18-19(14-16)27-13-12-26-18)24-20(15-6-2-1-3-7-15)17-8-4-5-11-22-17/h1-11,14,20H,12-13H2,(H2,23,24,25). The molecule has 3 aromatic rings. The highest BCUT2D eigenvalue weighted by Crippen LogP contribution is 2.32. The van der Waals surface area contributed by atoms with Crippen molar-refractivity contribution in [2.75, 3.05) is 18.5 Å². The number of hydrogen-bond donors (Lipinski definition) is 2. The molecule has 0 bridgehead atoms. The largest absolute Gasteiger partial charge is 0.486 e. The molecule has 6 heteroatoms. The van der Waals surface area contributed by atoms with Crippen LogP contribution >= 0.6 is 0 Å². The van der Waals surface area contributed by atoms with Gasteiger partial charge in [-0.1, -0.05) is 36.4 Å². The number of benzene rings is 2. The Hall–Kier alpha value is -3.54. The molecule has 4 rings (SSSR count). The van der Waals surface area contributed by atoms with Gasteiger partial charge < -0.3 is 20.1 Å². The van der Waals surface area contributed by atoms with E-state index < -0.39 is 0 Å². The number of anilines is 1. The van der Waals surface area contributed by atoms with E-state index in [0.717, 1.165) is 11.3 Å². The number of carbonyl (C=O) groups excluding carboxylic acids is 1. The number of rotatable bonds is 4. The minimum Gasteiger partial charge on any atom is -0.486 e. The van der Waals surface area contributed by atoms with Crippen LogP contribution in [0.4, 0.5) is 10.5 Å². The molecule has 27 heavy (non-hydrogen) atoms. The fourth-order valence-corrected chi connectivity index (χ4v) is 2.94. The maximum absolute atomic E-state index is 12.6. The zero-order valence-corrected chi connectivity index (χ0v) is 14.6. The number of carbonyl (C=O) groups is 1. The quantitative estimate of drug-likeness (QED) is 0.742. The van der Waals surface area contributed by atoms with E-state index in [0.29, 0.717) is 30.4 Å². The van der Waals surface area contributed by atoms with E-state index in [1.807, 2.05) is 48.5 Å². The molecule has 1 aliphatic rings. The lowest BCUT2D eigenvalue weighted by Gasteiger charge is -2.21. The summed E-state index contributed by atoms with van der Waals surface area (Å²) in [6.45, 7) is 1.03. The number of amides is 2. The van der Waals surface area contributed by atoms with Crippen molar-refractivity contribution in [1.29, 1.82) is 0 Å². The molecule has 1 aromatic heterocycles. The molecule has 2 amide bonds. The highest BCUT2D eigenvalue weighted by molar-refractivity contribution is 5.90. The first-order valence-corrected chi connectivity index (χ1v) is 8.72. The first-order chi connectivity index (χ1) is 13.3. The fourth-order valence-electron chi connectivity index (χ4n) is 2.94. The predicted molar refractivity (Wildman–Crippen MR) is 102 cm³/mol. The van der Waals surface area contributed by atoms with Gasteiger partial charge in [-0.05, 0) is 29.8 Å². The zero-order chi connectivity index (χ0) is 18.5. The average Bonchev–Trinajstić information content (AvgIpc) is 2.73. The van der Waals surface area contributed by atoms with Crippen molar-refractivity contribution < 1.29 is 14.3 Å². The van der Waals surface area contributed by atoms with Crippen molar-refractivity contribution >= 4 is 11.7 Å². The first-order valence-electron chi connectivity index (χ1n) is 8.72. The molecular formula is C21H19N3O3. The van der Waals surface area contributed by atoms with Gasteiger partial charge in [-0.15, -0.1) is 0 Å². The Morgan fingerprint density at radius 1 is 0.926 bits per heavy atom. The third-order valence-electron chi connectivity index (χ3n) is 4.19. The average molecular weight is 361 g/mol. The number of urea groups is 1. The smallest absolute Gasteiger partial charge is 0.320 e. The highest BCUT2D eigenvalue weighted by Gasteiger charge is 2.18. The predicted octanol–water partition coefficient (Wildman–Crippen LogP) is 3.76. The maximum atomic E-state index is 12.6. The van der Waals surface area contributed by atoms with Crippen LogP contribution in [0.15, 0.2) is 72.9 Å². The zero-order valence-electron chi connectivity index (χ0n) is 14.6. The lowest BCUT2D eigenvalue weighted by Crippen LogP contribution is -2.33. The van der Waals surface area contributed by atoms with Crippen molar-refractivity contribution in [3.05, 3.63) is 84.2 Å². The monoisotopic (exact) mass is 361 g/mol. The molecule has 6 nitrogen and oxygen atoms in total. The second-order valence-electron chi connectivity index (χ2n) is 6.06. The van der Waals surface area contributed by atoms with E-state index in [9.17, 15) is 4.79 Å². The van der Waals surface area contributed by atoms with Gasteiger partial charge in [-0.3, -0.25) is 4.98 Å². The Morgan fingerprint density at radius 2 is 1.70 bits per heavy atom. The summed E-state index contributed by atoms with van der Waals surface area (Å²) in [5.41, 5.74) is 2.35. The van der Waals surface area contributed by atoms with Gasteiger partial charge in [0.2, 0.25) is 0 Å². The Balaban J connectivity index is 1.52. The molecule has 0 saturated carbocycles. The number of nitrogens with one attached hydrogen (secondary N) is 2. The molecule has 2 aromatic carbocycles. The van der Waals surface area contributed by atoms with Gasteiger partial charge in [0.15, 0.2) is 11.5 Å². The van der Waals surface area contributed by atoms with Crippen LogP contribution in [-0.2, 0) is 0 Å². The lowest BCUT2D eigenvalue weighted by molar-refractivity contribution is 0.171. The number of nitrogens with zero attached hydrogens (tertiary/aromatic N) is 1. The summed E-state index contributed by atoms with van der Waals surface area (Å²) in [5.74, 6) is 1.31. The van der Waals surface area contributed by atoms with E-state index in [1.54, 1.807) is 24.4 Å². The molecule has 1 atom stereocenters. The van der Waals surface area contributed by atoms with Gasteiger partial charge in [0.25, 0.3) is 0 Å². The topological polar surface area (TPSA) is 72.5 Å². The second kappa shape index (κ2) is 7.78. The van der Waals surface area contributed by atoms with Gasteiger partial charge in [0.1, 0.15) is 13.2 Å². The van der Waals surface area contributed by atoms with Crippen LogP contribution in [0.5, 0.6) is 11.5 Å². The van der Waals surface area contributed by atoms with Crippen LogP contribution < -0.4 is 20.1 Å². The van der Waals surface area contributed by atoms with Crippen molar-refractivity contribution in [2.45, 2.75) is 6.04 Å². The van der Waals surface area contributed by atoms with Crippen LogP contribution in [0, 0.1) is 0 Å². The molecule has 1 aliphatic heterocycles. The van der Waals surface area contributed by atoms with E-state index in [4.69, 9.17) is 9.47 Å². The van der Waals surface area contributed by atoms with Gasteiger partial charge in [0.05, 0.1) is 11.7 Å². The first kappa shape index (κ1) is 16.9. The molecule has 2 N–H and O–H groups in total. The van der Waals surface area contributed by atoms with Crippen LogP contribution in [0.1, 0.15) is 17.3 Å². The van der Waals surface area contributed by atoms with Crippen molar-refractivity contribution in [3.63, 3.8) is 0 Å². The van der Waals surface area contributed by atoms with Crippen LogP contribution in [-0.4, -0.2) is 24.2 Å². The Kier molecular flexibility index (Phi) is 4.87. The summed E-state index contributed by atoms with van der Waals surface area (Å²) >= 11 is 0. The Morgan fingerprint density at radius 3 is 2.48 bits per heavy atom. The van der Waals surface area contributed by atoms with Gasteiger partial charge in [0, 0.05) is 18.0 Å². The molecular weight excluding hydrogens is 342 g/mol. The van der Waals surface area contributed by atoms with Crippen molar-refractivity contribution in [1.82, 2.24) is 10.3 Å². The minimum absolute atomic E-state index is 0.328. The van der Waals surface area contributed by atoms with Crippen LogP contribution in [0.2, 0.25) is 0 Å². The molecule has 2 heterocycles. The summed E-state index contributed by atoms with van der Waals surface area (Å²) in [6.07, 6.45) is 1.71. The van der Waals surface area contributed by atoms with Gasteiger partial charge in [-0.2, -0.15) is 0 Å². The Labute approximate surface area is 157 Å². The van der Waals surface area contributed by atoms with E-state index in [2.05, 4.69) is 15.6 Å². The molecule has 0 radical (unpaired) electrons. The molecule has 1 unspecified atom stereocenters. The lowest BCUT2D eigenvalue weighted by atomic mass is 10.0. The minimum atomic E-state index is -0.357. The third-order valence-corrected chi connectivity index (χ3v) is 4.19. The number of hydrogen-bond acceptors (Lipinski definition) is 4. The van der Waals surface area contributed by atoms with Crippen LogP contribution in [0.25, 0.3) is 0 Å². The molecule has 0 saturated heterocycles. The summed E-state index contributed by atoms with van der Waals surface area (Å²) in [5, 5.41) is 5.84. The SMILES string of the molecule is O=C(Nc1ccc2c(c1)OCCO2)NC(c1ccccc1)c1ccccn1.